The summed E-state index contributed by atoms with van der Waals surface area (Å²) in [4.78, 5) is 9.90. The molecule has 0 aromatic rings. The van der Waals surface area contributed by atoms with E-state index >= 15 is 0 Å². The smallest absolute Gasteiger partial charge is 0.404 e. The first-order valence-electron chi connectivity index (χ1n) is 2.99. The van der Waals surface area contributed by atoms with E-state index in [4.69, 9.17) is 10.2 Å². The molecular formula is C6H10FNO3. The predicted molar refractivity (Wildman–Crippen MR) is 36.9 cm³/mol. The van der Waals surface area contributed by atoms with E-state index in [2.05, 4.69) is 0 Å². The Bertz CT molecular complexity index is 179. The molecule has 5 heteroatoms. The fraction of sp³-hybridized carbons (Fsp3) is 0.500. The van der Waals surface area contributed by atoms with Gasteiger partial charge >= 0.3 is 6.09 Å². The summed E-state index contributed by atoms with van der Waals surface area (Å²) >= 11 is 0. The van der Waals surface area contributed by atoms with Gasteiger partial charge in [-0.1, -0.05) is 0 Å². The van der Waals surface area contributed by atoms with E-state index in [1.54, 1.807) is 0 Å². The van der Waals surface area contributed by atoms with Gasteiger partial charge in [-0.25, -0.2) is 9.18 Å². The molecule has 0 spiro atoms. The summed E-state index contributed by atoms with van der Waals surface area (Å²) in [5.41, 5.74) is 0.190. The third-order valence-electron chi connectivity index (χ3n) is 1.11. The average molecular weight is 163 g/mol. The van der Waals surface area contributed by atoms with Gasteiger partial charge in [-0.2, -0.15) is 0 Å². The normalized spacial score (nSPS) is 12.3. The number of hydrogen-bond donors (Lipinski definition) is 3. The van der Waals surface area contributed by atoms with Crippen LogP contribution in [0.5, 0.6) is 0 Å². The van der Waals surface area contributed by atoms with Gasteiger partial charge < -0.3 is 15.5 Å². The van der Waals surface area contributed by atoms with Gasteiger partial charge in [0, 0.05) is 6.54 Å². The van der Waals surface area contributed by atoms with Crippen LogP contribution in [0.25, 0.3) is 0 Å². The van der Waals surface area contributed by atoms with Crippen molar-refractivity contribution in [1.82, 2.24) is 5.32 Å². The first kappa shape index (κ1) is 9.90. The third kappa shape index (κ3) is 4.32. The van der Waals surface area contributed by atoms with Gasteiger partial charge in [-0.3, -0.25) is 0 Å². The Morgan fingerprint density at radius 2 is 2.18 bits per heavy atom. The van der Waals surface area contributed by atoms with Gasteiger partial charge in [0.1, 0.15) is 5.83 Å². The molecule has 0 saturated heterocycles. The minimum absolute atomic E-state index is 0.0955. The Morgan fingerprint density at radius 3 is 2.55 bits per heavy atom. The minimum atomic E-state index is -1.21. The number of amides is 1. The van der Waals surface area contributed by atoms with Crippen LogP contribution in [0.3, 0.4) is 0 Å². The number of rotatable bonds is 3. The highest BCUT2D eigenvalue weighted by atomic mass is 19.1. The van der Waals surface area contributed by atoms with Crippen molar-refractivity contribution in [3.05, 3.63) is 11.4 Å². The maximum atomic E-state index is 12.4. The van der Waals surface area contributed by atoms with E-state index in [0.29, 0.717) is 0 Å². The molecule has 0 aromatic carbocycles. The van der Waals surface area contributed by atoms with Crippen LogP contribution in [-0.4, -0.2) is 29.5 Å². The molecule has 0 unspecified atom stereocenters. The van der Waals surface area contributed by atoms with Crippen LogP contribution in [0, 0.1) is 0 Å². The molecule has 0 saturated carbocycles. The van der Waals surface area contributed by atoms with Crippen molar-refractivity contribution < 1.29 is 19.4 Å². The Labute approximate surface area is 63.3 Å². The third-order valence-corrected chi connectivity index (χ3v) is 1.11. The Hall–Kier alpha value is -1.10. The molecular weight excluding hydrogens is 153 g/mol. The molecule has 0 bridgehead atoms. The predicted octanol–water partition coefficient (Wildman–Crippen LogP) is 0.490. The molecule has 0 aliphatic rings. The number of nitrogens with one attached hydrogen (secondary N) is 1. The molecule has 3 N–H and O–H groups in total. The lowest BCUT2D eigenvalue weighted by molar-refractivity contribution is 0.195. The van der Waals surface area contributed by atoms with Crippen LogP contribution in [-0.2, 0) is 0 Å². The van der Waals surface area contributed by atoms with Crippen molar-refractivity contribution in [3.63, 3.8) is 0 Å². The molecule has 0 fully saturated rings. The highest BCUT2D eigenvalue weighted by Gasteiger charge is 2.00. The summed E-state index contributed by atoms with van der Waals surface area (Å²) in [5, 5.41) is 18.3. The number of hydrogen-bond acceptors (Lipinski definition) is 2. The topological polar surface area (TPSA) is 69.6 Å². The zero-order chi connectivity index (χ0) is 8.85. The van der Waals surface area contributed by atoms with Gasteiger partial charge in [0.25, 0.3) is 0 Å². The standard InChI is InChI=1S/C6H10FNO3/c1-4(5(7)3-9)2-8-6(10)11/h8-9H,2-3H2,1H3,(H,10,11)/b5-4+. The number of carbonyl (C=O) groups is 1. The van der Waals surface area contributed by atoms with Gasteiger partial charge in [0.2, 0.25) is 0 Å². The van der Waals surface area contributed by atoms with Gasteiger partial charge in [-0.05, 0) is 12.5 Å². The summed E-state index contributed by atoms with van der Waals surface area (Å²) in [5.74, 6) is -0.696. The zero-order valence-corrected chi connectivity index (χ0v) is 6.09. The molecule has 4 nitrogen and oxygen atoms in total. The summed E-state index contributed by atoms with van der Waals surface area (Å²) in [7, 11) is 0. The fourth-order valence-electron chi connectivity index (χ4n) is 0.439. The molecule has 0 aliphatic carbocycles. The highest BCUT2D eigenvalue weighted by Crippen LogP contribution is 2.02. The van der Waals surface area contributed by atoms with E-state index in [-0.39, 0.29) is 12.1 Å². The first-order valence-corrected chi connectivity index (χ1v) is 2.99. The second-order valence-electron chi connectivity index (χ2n) is 2.00. The van der Waals surface area contributed by atoms with Crippen LogP contribution in [0.1, 0.15) is 6.92 Å². The molecule has 0 rings (SSSR count). The second kappa shape index (κ2) is 4.68. The van der Waals surface area contributed by atoms with Gasteiger partial charge in [-0.15, -0.1) is 0 Å². The Balaban J connectivity index is 3.85. The number of carboxylic acid groups (broad SMARTS) is 1. The van der Waals surface area contributed by atoms with E-state index < -0.39 is 18.5 Å². The maximum absolute atomic E-state index is 12.4. The average Bonchev–Trinajstić information content (AvgIpc) is 1.98. The van der Waals surface area contributed by atoms with Crippen LogP contribution in [0.15, 0.2) is 11.4 Å². The van der Waals surface area contributed by atoms with Gasteiger partial charge in [0.15, 0.2) is 0 Å². The lowest BCUT2D eigenvalue weighted by Gasteiger charge is -2.01. The number of aliphatic hydroxyl groups excluding tert-OH is 1. The molecule has 1 amide bonds. The zero-order valence-electron chi connectivity index (χ0n) is 6.09. The Kier molecular flexibility index (Phi) is 4.21. The van der Waals surface area contributed by atoms with E-state index in [1.807, 2.05) is 5.32 Å². The summed E-state index contributed by atoms with van der Waals surface area (Å²) in [6, 6.07) is 0. The lowest BCUT2D eigenvalue weighted by Crippen LogP contribution is -2.23. The summed E-state index contributed by atoms with van der Waals surface area (Å²) in [6.45, 7) is 0.621. The van der Waals surface area contributed by atoms with Crippen molar-refractivity contribution in [1.29, 1.82) is 0 Å². The van der Waals surface area contributed by atoms with E-state index in [0.717, 1.165) is 0 Å². The molecule has 0 aliphatic heterocycles. The summed E-state index contributed by atoms with van der Waals surface area (Å²) in [6.07, 6.45) is -1.21. The minimum Gasteiger partial charge on any atom is -0.465 e. The van der Waals surface area contributed by atoms with E-state index in [1.165, 1.54) is 6.92 Å². The van der Waals surface area contributed by atoms with Crippen LogP contribution >= 0.6 is 0 Å². The second-order valence-corrected chi connectivity index (χ2v) is 2.00. The molecule has 0 atom stereocenters. The van der Waals surface area contributed by atoms with Crippen molar-refractivity contribution in [2.75, 3.05) is 13.2 Å². The number of aliphatic hydroxyl groups is 1. The largest absolute Gasteiger partial charge is 0.465 e. The molecule has 0 aromatic heterocycles. The first-order chi connectivity index (χ1) is 5.07. The van der Waals surface area contributed by atoms with E-state index in [9.17, 15) is 9.18 Å². The molecule has 0 radical (unpaired) electrons. The van der Waals surface area contributed by atoms with Crippen LogP contribution in [0.2, 0.25) is 0 Å². The number of halogens is 1. The maximum Gasteiger partial charge on any atom is 0.404 e. The molecule has 11 heavy (non-hydrogen) atoms. The van der Waals surface area contributed by atoms with Crippen LogP contribution in [0.4, 0.5) is 9.18 Å². The highest BCUT2D eigenvalue weighted by molar-refractivity contribution is 5.64. The summed E-state index contributed by atoms with van der Waals surface area (Å²) < 4.78 is 12.4. The monoisotopic (exact) mass is 163 g/mol. The fourth-order valence-corrected chi connectivity index (χ4v) is 0.439. The van der Waals surface area contributed by atoms with Gasteiger partial charge in [0.05, 0.1) is 6.61 Å². The Morgan fingerprint density at radius 1 is 1.64 bits per heavy atom. The van der Waals surface area contributed by atoms with Crippen LogP contribution < -0.4 is 5.32 Å². The molecule has 64 valence electrons. The van der Waals surface area contributed by atoms with Crippen molar-refractivity contribution in [3.8, 4) is 0 Å². The lowest BCUT2D eigenvalue weighted by atomic mass is 10.3. The SMILES string of the molecule is C/C(CNC(=O)O)=C(\F)CO. The van der Waals surface area contributed by atoms with Crippen molar-refractivity contribution in [2.45, 2.75) is 6.92 Å². The quantitative estimate of drug-likeness (QED) is 0.567. The van der Waals surface area contributed by atoms with Crippen molar-refractivity contribution >= 4 is 6.09 Å². The van der Waals surface area contributed by atoms with Crippen molar-refractivity contribution in [2.24, 2.45) is 0 Å². The molecule has 0 heterocycles.